The Morgan fingerprint density at radius 1 is 1.21 bits per heavy atom. The number of carbonyl (C=O) groups is 1. The van der Waals surface area contributed by atoms with E-state index in [2.05, 4.69) is 47.7 Å². The van der Waals surface area contributed by atoms with Crippen LogP contribution in [0.3, 0.4) is 0 Å². The van der Waals surface area contributed by atoms with Gasteiger partial charge in [-0.3, -0.25) is 4.79 Å². The summed E-state index contributed by atoms with van der Waals surface area (Å²) < 4.78 is 42.1. The number of carbonyl (C=O) groups excluding carboxylic acids is 1. The zero-order valence-electron chi connectivity index (χ0n) is 19.5. The highest BCUT2D eigenvalue weighted by atomic mass is 35.7. The van der Waals surface area contributed by atoms with Gasteiger partial charge in [-0.05, 0) is 44.2 Å². The fourth-order valence-electron chi connectivity index (χ4n) is 5.20. The third-order valence-corrected chi connectivity index (χ3v) is 6.98. The molecular formula is C24H33ClN2O6. The maximum atomic E-state index is 12.4. The number of H-pyrrole nitrogens is 1. The summed E-state index contributed by atoms with van der Waals surface area (Å²) in [6.07, 6.45) is 6.77. The van der Waals surface area contributed by atoms with E-state index < -0.39 is 10.2 Å². The Morgan fingerprint density at radius 3 is 2.58 bits per heavy atom. The molecule has 0 radical (unpaired) electrons. The van der Waals surface area contributed by atoms with Crippen LogP contribution in [-0.4, -0.2) is 40.4 Å². The second-order valence-corrected chi connectivity index (χ2v) is 9.69. The normalized spacial score (nSPS) is 21.1. The number of nitrogens with one attached hydrogen (secondary N) is 1. The van der Waals surface area contributed by atoms with Crippen molar-refractivity contribution >= 4 is 22.6 Å². The number of esters is 1. The van der Waals surface area contributed by atoms with Gasteiger partial charge < -0.3 is 9.72 Å². The van der Waals surface area contributed by atoms with E-state index in [4.69, 9.17) is 23.4 Å². The molecule has 0 bridgehead atoms. The van der Waals surface area contributed by atoms with Crippen molar-refractivity contribution in [3.05, 3.63) is 35.5 Å². The second-order valence-electron chi connectivity index (χ2n) is 8.93. The van der Waals surface area contributed by atoms with E-state index in [1.165, 1.54) is 34.3 Å². The average molecular weight is 481 g/mol. The van der Waals surface area contributed by atoms with E-state index in [-0.39, 0.29) is 17.5 Å². The van der Waals surface area contributed by atoms with Crippen molar-refractivity contribution < 1.29 is 43.0 Å². The minimum absolute atomic E-state index is 0.00979. The smallest absolute Gasteiger partial charge is 0.306 e. The summed E-state index contributed by atoms with van der Waals surface area (Å²) in [7, 11) is -4.94. The number of benzene rings is 1. The van der Waals surface area contributed by atoms with Gasteiger partial charge >= 0.3 is 5.97 Å². The van der Waals surface area contributed by atoms with Crippen LogP contribution in [0.5, 0.6) is 0 Å². The van der Waals surface area contributed by atoms with Gasteiger partial charge in [-0.1, -0.05) is 32.0 Å². The van der Waals surface area contributed by atoms with Crippen LogP contribution in [0.2, 0.25) is 0 Å². The fourth-order valence-corrected chi connectivity index (χ4v) is 5.20. The molecule has 0 amide bonds. The molecule has 2 unspecified atom stereocenters. The molecule has 0 spiro atoms. The highest BCUT2D eigenvalue weighted by Gasteiger charge is 2.47. The lowest BCUT2D eigenvalue weighted by atomic mass is 9.68. The third kappa shape index (κ3) is 6.13. The molecule has 4 rings (SSSR count). The molecule has 1 aromatic carbocycles. The quantitative estimate of drug-likeness (QED) is 0.459. The molecule has 2 aromatic rings. The maximum Gasteiger partial charge on any atom is 0.306 e. The van der Waals surface area contributed by atoms with Crippen molar-refractivity contribution in [2.24, 2.45) is 5.41 Å². The number of hydrogen-bond donors (Lipinski definition) is 1. The second kappa shape index (κ2) is 10.5. The van der Waals surface area contributed by atoms with E-state index >= 15 is 0 Å². The van der Waals surface area contributed by atoms with Gasteiger partial charge in [0.05, 0.1) is 11.5 Å². The van der Waals surface area contributed by atoms with Crippen molar-refractivity contribution in [1.82, 2.24) is 4.98 Å². The molecule has 2 aliphatic heterocycles. The minimum Gasteiger partial charge on any atom is -0.463 e. The number of nitrogens with zero attached hydrogens (tertiary/aromatic N) is 1. The van der Waals surface area contributed by atoms with E-state index in [9.17, 15) is 4.79 Å². The number of hydrogen-bond acceptors (Lipinski definition) is 6. The Kier molecular flexibility index (Phi) is 8.18. The maximum absolute atomic E-state index is 12.4. The monoisotopic (exact) mass is 480 g/mol. The topological polar surface area (TPSA) is 137 Å². The summed E-state index contributed by atoms with van der Waals surface area (Å²) in [6.45, 7) is 8.53. The van der Waals surface area contributed by atoms with Crippen LogP contribution in [0.25, 0.3) is 10.9 Å². The molecule has 0 saturated carbocycles. The SMILES string of the molecule is CCC(C)OC(=O)CCC1(CC)CCC[N+]2=C1c1[nH]c3ccccc3c1CC2.[O-][Cl+3]([O-])([O-])[O-]. The zero-order chi connectivity index (χ0) is 24.2. The van der Waals surface area contributed by atoms with Gasteiger partial charge in [0.1, 0.15) is 18.8 Å². The van der Waals surface area contributed by atoms with Crippen LogP contribution in [-0.2, 0) is 16.0 Å². The fraction of sp³-hybridized carbons (Fsp3) is 0.583. The molecule has 2 atom stereocenters. The first-order chi connectivity index (χ1) is 15.6. The molecular weight excluding hydrogens is 448 g/mol. The third-order valence-electron chi connectivity index (χ3n) is 6.98. The van der Waals surface area contributed by atoms with Crippen LogP contribution >= 0.6 is 0 Å². The summed E-state index contributed by atoms with van der Waals surface area (Å²) in [5.74, 6) is -0.0485. The Bertz CT molecular complexity index is 1010. The summed E-state index contributed by atoms with van der Waals surface area (Å²) in [6, 6.07) is 8.65. The molecule has 182 valence electrons. The molecule has 3 heterocycles. The van der Waals surface area contributed by atoms with Gasteiger partial charge in [0.25, 0.3) is 0 Å². The van der Waals surface area contributed by atoms with E-state index in [0.29, 0.717) is 6.42 Å². The molecule has 1 aromatic heterocycles. The molecule has 0 saturated heterocycles. The van der Waals surface area contributed by atoms with Crippen LogP contribution < -0.4 is 18.6 Å². The lowest BCUT2D eigenvalue weighted by Gasteiger charge is -2.37. The van der Waals surface area contributed by atoms with Gasteiger partial charge in [0.15, 0.2) is 0 Å². The summed E-state index contributed by atoms with van der Waals surface area (Å²) >= 11 is 0. The van der Waals surface area contributed by atoms with Gasteiger partial charge in [0, 0.05) is 30.2 Å². The number of para-hydroxylation sites is 1. The van der Waals surface area contributed by atoms with Crippen LogP contribution in [0, 0.1) is 15.7 Å². The van der Waals surface area contributed by atoms with Crippen molar-refractivity contribution in [1.29, 1.82) is 0 Å². The highest BCUT2D eigenvalue weighted by Crippen LogP contribution is 2.43. The average Bonchev–Trinajstić information content (AvgIpc) is 3.15. The lowest BCUT2D eigenvalue weighted by Crippen LogP contribution is -2.68. The van der Waals surface area contributed by atoms with Crippen LogP contribution in [0.15, 0.2) is 24.3 Å². The number of aromatic nitrogens is 1. The van der Waals surface area contributed by atoms with Gasteiger partial charge in [-0.25, -0.2) is 23.2 Å². The molecule has 2 aliphatic rings. The summed E-state index contributed by atoms with van der Waals surface area (Å²) in [4.78, 5) is 16.1. The molecule has 0 fully saturated rings. The highest BCUT2D eigenvalue weighted by molar-refractivity contribution is 6.06. The molecule has 8 nitrogen and oxygen atoms in total. The largest absolute Gasteiger partial charge is 0.463 e. The molecule has 33 heavy (non-hydrogen) atoms. The molecule has 9 heteroatoms. The number of halogens is 1. The van der Waals surface area contributed by atoms with E-state index in [1.807, 2.05) is 6.92 Å². The van der Waals surface area contributed by atoms with Crippen LogP contribution in [0.4, 0.5) is 0 Å². The van der Waals surface area contributed by atoms with Crippen molar-refractivity contribution in [3.8, 4) is 0 Å². The van der Waals surface area contributed by atoms with Crippen molar-refractivity contribution in [2.75, 3.05) is 13.1 Å². The standard InChI is InChI=1S/C24H32N2O2.ClHO4/c1-4-17(3)28-21(27)11-14-24(5-2)13-8-15-26-16-12-19-18-9-6-7-10-20(18)25-22(19)23(24)26;2-1(3,4)5/h6-7,9-10,17H,4-5,8,11-16H2,1-3H3;(H,2,3,4,5). The van der Waals surface area contributed by atoms with E-state index in [1.54, 1.807) is 0 Å². The Morgan fingerprint density at radius 2 is 1.91 bits per heavy atom. The van der Waals surface area contributed by atoms with Crippen LogP contribution in [0.1, 0.15) is 70.6 Å². The Labute approximate surface area is 196 Å². The number of fused-ring (bicyclic) bond motifs is 4. The lowest BCUT2D eigenvalue weighted by molar-refractivity contribution is -2.00. The molecule has 0 aliphatic carbocycles. The number of aromatic amines is 1. The summed E-state index contributed by atoms with van der Waals surface area (Å²) in [5, 5.41) is 1.36. The predicted molar refractivity (Wildman–Crippen MR) is 113 cm³/mol. The first-order valence-corrected chi connectivity index (χ1v) is 12.8. The Balaban J connectivity index is 0.000000555. The molecule has 1 N–H and O–H groups in total. The predicted octanol–water partition coefficient (Wildman–Crippen LogP) is 0.0817. The zero-order valence-corrected chi connectivity index (χ0v) is 20.3. The number of rotatable bonds is 6. The van der Waals surface area contributed by atoms with Gasteiger partial charge in [0.2, 0.25) is 5.71 Å². The minimum atomic E-state index is -4.94. The van der Waals surface area contributed by atoms with Crippen molar-refractivity contribution in [2.45, 2.75) is 71.8 Å². The van der Waals surface area contributed by atoms with Gasteiger partial charge in [-0.15, -0.1) is 10.2 Å². The Hall–Kier alpha value is -1.97. The summed E-state index contributed by atoms with van der Waals surface area (Å²) in [5.41, 5.74) is 5.53. The van der Waals surface area contributed by atoms with E-state index in [0.717, 1.165) is 45.2 Å². The van der Waals surface area contributed by atoms with Crippen molar-refractivity contribution in [3.63, 3.8) is 0 Å². The first-order valence-electron chi connectivity index (χ1n) is 11.6. The van der Waals surface area contributed by atoms with Gasteiger partial charge in [-0.2, -0.15) is 0 Å². The first kappa shape index (κ1) is 25.6. The number of ether oxygens (including phenoxy) is 1.